The molecule has 3 fully saturated rings. The van der Waals surface area contributed by atoms with Crippen molar-refractivity contribution in [1.82, 2.24) is 14.7 Å². The van der Waals surface area contributed by atoms with Gasteiger partial charge in [0.15, 0.2) is 0 Å². The summed E-state index contributed by atoms with van der Waals surface area (Å²) < 4.78 is 19.7. The molecule has 2 atom stereocenters. The van der Waals surface area contributed by atoms with Crippen LogP contribution in [0.25, 0.3) is 0 Å². The van der Waals surface area contributed by atoms with E-state index in [1.165, 1.54) is 6.07 Å². The number of rotatable bonds is 3. The van der Waals surface area contributed by atoms with Gasteiger partial charge in [-0.2, -0.15) is 0 Å². The van der Waals surface area contributed by atoms with Crippen LogP contribution < -0.4 is 4.90 Å². The number of piperidine rings is 2. The van der Waals surface area contributed by atoms with E-state index in [9.17, 15) is 14.0 Å². The summed E-state index contributed by atoms with van der Waals surface area (Å²) in [4.78, 5) is 33.5. The smallest absolute Gasteiger partial charge is 0.410 e. The molecular formula is C26H37FN4O3. The number of nitrogens with zero attached hydrogens (tertiary/aromatic N) is 4. The summed E-state index contributed by atoms with van der Waals surface area (Å²) in [6, 6.07) is 5.84. The van der Waals surface area contributed by atoms with Crippen LogP contribution >= 0.6 is 0 Å². The average Bonchev–Trinajstić information content (AvgIpc) is 3.27. The minimum absolute atomic E-state index is 0.0499. The van der Waals surface area contributed by atoms with Crippen LogP contribution in [0.4, 0.5) is 19.7 Å². The average molecular weight is 473 g/mol. The lowest BCUT2D eigenvalue weighted by Crippen LogP contribution is -2.55. The Balaban J connectivity index is 1.27. The van der Waals surface area contributed by atoms with Crippen molar-refractivity contribution >= 4 is 17.8 Å². The quantitative estimate of drug-likeness (QED) is 0.662. The molecule has 0 aromatic heterocycles. The molecule has 186 valence electrons. The second-order valence-electron chi connectivity index (χ2n) is 10.8. The van der Waals surface area contributed by atoms with E-state index >= 15 is 0 Å². The van der Waals surface area contributed by atoms with E-state index in [-0.39, 0.29) is 35.4 Å². The molecule has 2 unspecified atom stereocenters. The molecule has 4 aliphatic rings. The maximum absolute atomic E-state index is 14.3. The third-order valence-electron chi connectivity index (χ3n) is 8.52. The molecule has 4 aliphatic heterocycles. The van der Waals surface area contributed by atoms with Crippen LogP contribution in [-0.2, 0) is 10.2 Å². The number of carbonyl (C=O) groups is 2. The molecular weight excluding hydrogens is 435 g/mol. The molecule has 1 spiro atoms. The molecule has 5 rings (SSSR count). The summed E-state index contributed by atoms with van der Waals surface area (Å²) in [7, 11) is 3.52. The molecule has 1 aromatic rings. The number of anilines is 1. The number of benzene rings is 1. The minimum Gasteiger partial charge on any atom is -0.449 e. The third kappa shape index (κ3) is 3.93. The molecule has 3 amide bonds. The lowest BCUT2D eigenvalue weighted by molar-refractivity contribution is 0.0268. The summed E-state index contributed by atoms with van der Waals surface area (Å²) in [5, 5.41) is 0. The molecule has 0 saturated carbocycles. The lowest BCUT2D eigenvalue weighted by Gasteiger charge is -2.47. The second-order valence-corrected chi connectivity index (χ2v) is 10.8. The summed E-state index contributed by atoms with van der Waals surface area (Å²) in [5.74, 6) is -0.237. The fraction of sp³-hybridized carbons (Fsp3) is 0.692. The van der Waals surface area contributed by atoms with Gasteiger partial charge in [-0.1, -0.05) is 6.92 Å². The molecule has 0 aliphatic carbocycles. The van der Waals surface area contributed by atoms with E-state index < -0.39 is 0 Å². The Bertz CT molecular complexity index is 932. The SMILES string of the molecule is CCCOC(=O)N1C2CCC1CC(N1CCC3(CC1)CN(C(=O)N(C)C)c1ccc(F)cc13)C2. The Hall–Kier alpha value is -2.35. The Kier molecular flexibility index (Phi) is 6.21. The molecule has 34 heavy (non-hydrogen) atoms. The Morgan fingerprint density at radius 3 is 2.41 bits per heavy atom. The molecule has 0 N–H and O–H groups in total. The topological polar surface area (TPSA) is 56.3 Å². The van der Waals surface area contributed by atoms with Crippen LogP contribution in [0.5, 0.6) is 0 Å². The maximum Gasteiger partial charge on any atom is 0.410 e. The number of halogens is 1. The first-order chi connectivity index (χ1) is 16.3. The standard InChI is InChI=1S/C26H37FN4O3/c1-4-13-34-25(33)31-19-6-7-20(31)16-21(15-19)29-11-9-26(10-12-29)17-30(24(32)28(2)3)23-8-5-18(27)14-22(23)26/h5,8,14,19-21H,4,6-7,9-13,15-17H2,1-3H3. The van der Waals surface area contributed by atoms with Gasteiger partial charge in [-0.25, -0.2) is 14.0 Å². The Labute approximate surface area is 201 Å². The highest BCUT2D eigenvalue weighted by Crippen LogP contribution is 2.48. The van der Waals surface area contributed by atoms with E-state index in [0.717, 1.165) is 69.3 Å². The number of hydrogen-bond acceptors (Lipinski definition) is 4. The monoisotopic (exact) mass is 472 g/mol. The van der Waals surface area contributed by atoms with Crippen LogP contribution in [0.2, 0.25) is 0 Å². The summed E-state index contributed by atoms with van der Waals surface area (Å²) in [6.07, 6.45) is 6.66. The highest BCUT2D eigenvalue weighted by molar-refractivity contribution is 5.95. The Morgan fingerprint density at radius 2 is 1.79 bits per heavy atom. The second kappa shape index (κ2) is 9.02. The first-order valence-electron chi connectivity index (χ1n) is 12.8. The van der Waals surface area contributed by atoms with Crippen molar-refractivity contribution < 1.29 is 18.7 Å². The fourth-order valence-electron chi connectivity index (χ4n) is 6.81. The molecule has 1 aromatic carbocycles. The van der Waals surface area contributed by atoms with Gasteiger partial charge >= 0.3 is 12.1 Å². The predicted octanol–water partition coefficient (Wildman–Crippen LogP) is 4.20. The maximum atomic E-state index is 14.3. The number of urea groups is 1. The van der Waals surface area contributed by atoms with Crippen LogP contribution in [0.1, 0.15) is 57.4 Å². The van der Waals surface area contributed by atoms with Gasteiger partial charge in [0, 0.05) is 49.9 Å². The van der Waals surface area contributed by atoms with E-state index in [2.05, 4.69) is 4.90 Å². The minimum atomic E-state index is -0.237. The Morgan fingerprint density at radius 1 is 1.12 bits per heavy atom. The van der Waals surface area contributed by atoms with E-state index in [0.29, 0.717) is 19.2 Å². The van der Waals surface area contributed by atoms with Gasteiger partial charge in [0.2, 0.25) is 0 Å². The number of fused-ring (bicyclic) bond motifs is 4. The third-order valence-corrected chi connectivity index (χ3v) is 8.52. The van der Waals surface area contributed by atoms with E-state index in [1.54, 1.807) is 31.1 Å². The zero-order valence-electron chi connectivity index (χ0n) is 20.6. The van der Waals surface area contributed by atoms with Crippen LogP contribution in [0, 0.1) is 5.82 Å². The number of likely N-dealkylation sites (tertiary alicyclic amines) is 1. The zero-order chi connectivity index (χ0) is 24.0. The van der Waals surface area contributed by atoms with Crippen molar-refractivity contribution in [2.45, 2.75) is 75.4 Å². The molecule has 0 radical (unpaired) electrons. The number of amides is 3. The van der Waals surface area contributed by atoms with E-state index in [1.807, 2.05) is 16.7 Å². The van der Waals surface area contributed by atoms with Gasteiger partial charge in [-0.05, 0) is 81.8 Å². The van der Waals surface area contributed by atoms with Gasteiger partial charge in [-0.3, -0.25) is 4.90 Å². The van der Waals surface area contributed by atoms with Gasteiger partial charge < -0.3 is 19.4 Å². The van der Waals surface area contributed by atoms with Crippen molar-refractivity contribution in [2.75, 3.05) is 45.2 Å². The highest BCUT2D eigenvalue weighted by Gasteiger charge is 2.50. The fourth-order valence-corrected chi connectivity index (χ4v) is 6.81. The molecule has 3 saturated heterocycles. The van der Waals surface area contributed by atoms with Crippen LogP contribution in [-0.4, -0.2) is 85.3 Å². The van der Waals surface area contributed by atoms with Crippen LogP contribution in [0.15, 0.2) is 18.2 Å². The summed E-state index contributed by atoms with van der Waals surface area (Å²) in [5.41, 5.74) is 1.64. The van der Waals surface area contributed by atoms with Gasteiger partial charge in [0.1, 0.15) is 5.82 Å². The van der Waals surface area contributed by atoms with E-state index in [4.69, 9.17) is 4.74 Å². The number of carbonyl (C=O) groups excluding carboxylic acids is 2. The van der Waals surface area contributed by atoms with Crippen LogP contribution in [0.3, 0.4) is 0 Å². The van der Waals surface area contributed by atoms with Gasteiger partial charge in [-0.15, -0.1) is 0 Å². The zero-order valence-corrected chi connectivity index (χ0v) is 20.6. The van der Waals surface area contributed by atoms with Gasteiger partial charge in [0.25, 0.3) is 0 Å². The molecule has 8 heteroatoms. The highest BCUT2D eigenvalue weighted by atomic mass is 19.1. The van der Waals surface area contributed by atoms with Crippen molar-refractivity contribution in [3.63, 3.8) is 0 Å². The molecule has 2 bridgehead atoms. The van der Waals surface area contributed by atoms with Crippen molar-refractivity contribution in [1.29, 1.82) is 0 Å². The first kappa shape index (κ1) is 23.4. The summed E-state index contributed by atoms with van der Waals surface area (Å²) >= 11 is 0. The largest absolute Gasteiger partial charge is 0.449 e. The number of ether oxygens (including phenoxy) is 1. The lowest BCUT2D eigenvalue weighted by atomic mass is 9.73. The number of hydrogen-bond donors (Lipinski definition) is 0. The molecule has 4 heterocycles. The van der Waals surface area contributed by atoms with Crippen molar-refractivity contribution in [3.8, 4) is 0 Å². The summed E-state index contributed by atoms with van der Waals surface area (Å²) in [6.45, 7) is 4.99. The van der Waals surface area contributed by atoms with Crippen molar-refractivity contribution in [2.24, 2.45) is 0 Å². The normalized spacial score (nSPS) is 27.7. The first-order valence-corrected chi connectivity index (χ1v) is 12.8. The van der Waals surface area contributed by atoms with Gasteiger partial charge in [0.05, 0.1) is 6.61 Å². The van der Waals surface area contributed by atoms with Crippen molar-refractivity contribution in [3.05, 3.63) is 29.6 Å². The predicted molar refractivity (Wildman–Crippen MR) is 129 cm³/mol. The molecule has 7 nitrogen and oxygen atoms in total.